The molecular weight excluding hydrogens is 443 g/mol. The number of rotatable bonds is 4. The maximum atomic E-state index is 13.6. The Labute approximate surface area is 197 Å². The fourth-order valence-corrected chi connectivity index (χ4v) is 4.17. The quantitative estimate of drug-likeness (QED) is 0.441. The smallest absolute Gasteiger partial charge is 0.282 e. The predicted molar refractivity (Wildman–Crippen MR) is 131 cm³/mol. The molecule has 1 aliphatic heterocycles. The van der Waals surface area contributed by atoms with Crippen molar-refractivity contribution in [2.45, 2.75) is 27.7 Å². The molecule has 3 aromatic rings. The highest BCUT2D eigenvalue weighted by molar-refractivity contribution is 6.46. The van der Waals surface area contributed by atoms with Crippen LogP contribution in [0.2, 0.25) is 10.0 Å². The number of nitrogens with zero attached hydrogens (tertiary/aromatic N) is 1. The van der Waals surface area contributed by atoms with E-state index in [-0.39, 0.29) is 5.70 Å². The van der Waals surface area contributed by atoms with E-state index in [0.717, 1.165) is 22.3 Å². The van der Waals surface area contributed by atoms with E-state index < -0.39 is 11.8 Å². The number of anilines is 2. The third-order valence-electron chi connectivity index (χ3n) is 5.68. The van der Waals surface area contributed by atoms with Crippen molar-refractivity contribution < 1.29 is 9.59 Å². The van der Waals surface area contributed by atoms with Crippen LogP contribution in [0.15, 0.2) is 60.3 Å². The van der Waals surface area contributed by atoms with Crippen LogP contribution in [0.3, 0.4) is 0 Å². The fraction of sp³-hybridized carbons (Fsp3) is 0.154. The van der Waals surface area contributed by atoms with Crippen LogP contribution in [0, 0.1) is 27.7 Å². The Bertz CT molecular complexity index is 1310. The van der Waals surface area contributed by atoms with Crippen molar-refractivity contribution in [2.24, 2.45) is 0 Å². The maximum absolute atomic E-state index is 13.6. The van der Waals surface area contributed by atoms with Gasteiger partial charge in [0.25, 0.3) is 11.8 Å². The number of halogens is 2. The average molecular weight is 465 g/mol. The van der Waals surface area contributed by atoms with Gasteiger partial charge in [-0.3, -0.25) is 9.59 Å². The molecule has 0 unspecified atom stereocenters. The van der Waals surface area contributed by atoms with Crippen LogP contribution in [-0.4, -0.2) is 11.8 Å². The van der Waals surface area contributed by atoms with Crippen molar-refractivity contribution in [3.63, 3.8) is 0 Å². The van der Waals surface area contributed by atoms with Crippen molar-refractivity contribution in [3.05, 3.63) is 98.2 Å². The van der Waals surface area contributed by atoms with E-state index in [4.69, 9.17) is 23.2 Å². The molecule has 0 bridgehead atoms. The summed E-state index contributed by atoms with van der Waals surface area (Å²) in [4.78, 5) is 28.4. The Hall–Kier alpha value is -3.08. The van der Waals surface area contributed by atoms with E-state index >= 15 is 0 Å². The first-order valence-corrected chi connectivity index (χ1v) is 10.9. The lowest BCUT2D eigenvalue weighted by atomic mass is 9.97. The minimum atomic E-state index is -0.440. The second kappa shape index (κ2) is 8.45. The van der Waals surface area contributed by atoms with Crippen molar-refractivity contribution >= 4 is 52.0 Å². The number of carbonyl (C=O) groups excluding carboxylic acids is 2. The molecule has 6 heteroatoms. The van der Waals surface area contributed by atoms with Gasteiger partial charge in [0.05, 0.1) is 11.3 Å². The molecule has 2 amide bonds. The molecular formula is C26H22Cl2N2O2. The summed E-state index contributed by atoms with van der Waals surface area (Å²) in [5.74, 6) is -0.840. The standard InChI is InChI=1S/C26H22Cl2N2O2/c1-14-8-11-19(16(3)12-14)23-24(29-22-7-5-6-20(27)17(22)4)26(32)30(25(23)31)18-10-9-15(2)21(28)13-18/h5-13,29H,1-4H3. The van der Waals surface area contributed by atoms with E-state index in [2.05, 4.69) is 5.32 Å². The molecule has 1 N–H and O–H groups in total. The van der Waals surface area contributed by atoms with Gasteiger partial charge in [-0.2, -0.15) is 0 Å². The monoisotopic (exact) mass is 464 g/mol. The van der Waals surface area contributed by atoms with Crippen LogP contribution in [0.1, 0.15) is 27.8 Å². The van der Waals surface area contributed by atoms with Crippen LogP contribution in [0.25, 0.3) is 5.57 Å². The molecule has 32 heavy (non-hydrogen) atoms. The first kappa shape index (κ1) is 22.1. The number of hydrogen-bond donors (Lipinski definition) is 1. The second-order valence-corrected chi connectivity index (χ2v) is 8.80. The Morgan fingerprint density at radius 2 is 1.53 bits per heavy atom. The second-order valence-electron chi connectivity index (χ2n) is 7.98. The number of carbonyl (C=O) groups is 2. The lowest BCUT2D eigenvalue weighted by Crippen LogP contribution is -2.32. The Morgan fingerprint density at radius 3 is 2.22 bits per heavy atom. The van der Waals surface area contributed by atoms with E-state index in [9.17, 15) is 9.59 Å². The molecule has 0 saturated carbocycles. The van der Waals surface area contributed by atoms with Crippen molar-refractivity contribution in [3.8, 4) is 0 Å². The van der Waals surface area contributed by atoms with Gasteiger partial charge in [-0.15, -0.1) is 0 Å². The Balaban J connectivity index is 1.89. The largest absolute Gasteiger partial charge is 0.350 e. The van der Waals surface area contributed by atoms with Gasteiger partial charge in [-0.25, -0.2) is 4.90 Å². The number of benzene rings is 3. The summed E-state index contributed by atoms with van der Waals surface area (Å²) in [5.41, 5.74) is 5.98. The molecule has 1 heterocycles. The van der Waals surface area contributed by atoms with E-state index in [1.165, 1.54) is 4.90 Å². The highest BCUT2D eigenvalue weighted by Gasteiger charge is 2.41. The van der Waals surface area contributed by atoms with Gasteiger partial charge >= 0.3 is 0 Å². The zero-order chi connectivity index (χ0) is 23.2. The number of imide groups is 1. The van der Waals surface area contributed by atoms with E-state index in [1.807, 2.05) is 52.0 Å². The summed E-state index contributed by atoms with van der Waals surface area (Å²) in [7, 11) is 0. The first-order valence-electron chi connectivity index (χ1n) is 10.2. The fourth-order valence-electron chi connectivity index (χ4n) is 3.82. The molecule has 0 radical (unpaired) electrons. The Morgan fingerprint density at radius 1 is 0.781 bits per heavy atom. The van der Waals surface area contributed by atoms with Gasteiger partial charge < -0.3 is 5.32 Å². The summed E-state index contributed by atoms with van der Waals surface area (Å²) in [5, 5.41) is 4.26. The van der Waals surface area contributed by atoms with Gasteiger partial charge in [-0.1, -0.05) is 59.1 Å². The molecule has 0 aliphatic carbocycles. The summed E-state index contributed by atoms with van der Waals surface area (Å²) < 4.78 is 0. The number of nitrogens with one attached hydrogen (secondary N) is 1. The normalized spacial score (nSPS) is 13.9. The number of hydrogen-bond acceptors (Lipinski definition) is 3. The lowest BCUT2D eigenvalue weighted by molar-refractivity contribution is -0.120. The summed E-state index contributed by atoms with van der Waals surface area (Å²) in [6, 6.07) is 16.4. The minimum Gasteiger partial charge on any atom is -0.350 e. The van der Waals surface area contributed by atoms with Crippen LogP contribution in [0.4, 0.5) is 11.4 Å². The molecule has 1 aliphatic rings. The third kappa shape index (κ3) is 3.81. The van der Waals surface area contributed by atoms with E-state index in [0.29, 0.717) is 32.6 Å². The van der Waals surface area contributed by atoms with Gasteiger partial charge in [-0.05, 0) is 74.2 Å². The zero-order valence-electron chi connectivity index (χ0n) is 18.2. The lowest BCUT2D eigenvalue weighted by Gasteiger charge is -2.17. The van der Waals surface area contributed by atoms with Crippen molar-refractivity contribution in [1.82, 2.24) is 0 Å². The third-order valence-corrected chi connectivity index (χ3v) is 6.49. The summed E-state index contributed by atoms with van der Waals surface area (Å²) >= 11 is 12.6. The highest BCUT2D eigenvalue weighted by atomic mass is 35.5. The summed E-state index contributed by atoms with van der Waals surface area (Å²) in [6.07, 6.45) is 0. The van der Waals surface area contributed by atoms with Crippen molar-refractivity contribution in [2.75, 3.05) is 10.2 Å². The van der Waals surface area contributed by atoms with E-state index in [1.54, 1.807) is 30.3 Å². The minimum absolute atomic E-state index is 0.212. The van der Waals surface area contributed by atoms with Crippen LogP contribution in [0.5, 0.6) is 0 Å². The molecule has 4 rings (SSSR count). The molecule has 162 valence electrons. The number of aryl methyl sites for hydroxylation is 3. The number of amides is 2. The van der Waals surface area contributed by atoms with Gasteiger partial charge in [0, 0.05) is 15.7 Å². The molecule has 0 atom stereocenters. The molecule has 0 spiro atoms. The van der Waals surface area contributed by atoms with Crippen molar-refractivity contribution in [1.29, 1.82) is 0 Å². The topological polar surface area (TPSA) is 49.4 Å². The molecule has 0 aromatic heterocycles. The highest BCUT2D eigenvalue weighted by Crippen LogP contribution is 2.37. The molecule has 3 aromatic carbocycles. The maximum Gasteiger partial charge on any atom is 0.282 e. The summed E-state index contributed by atoms with van der Waals surface area (Å²) in [6.45, 7) is 7.65. The van der Waals surface area contributed by atoms with Gasteiger partial charge in [0.15, 0.2) is 0 Å². The molecule has 4 nitrogen and oxygen atoms in total. The van der Waals surface area contributed by atoms with Crippen LogP contribution >= 0.6 is 23.2 Å². The Kier molecular flexibility index (Phi) is 5.85. The molecule has 0 saturated heterocycles. The zero-order valence-corrected chi connectivity index (χ0v) is 19.7. The predicted octanol–water partition coefficient (Wildman–Crippen LogP) is 6.62. The average Bonchev–Trinajstić information content (AvgIpc) is 2.97. The van der Waals surface area contributed by atoms with Gasteiger partial charge in [0.1, 0.15) is 5.70 Å². The van der Waals surface area contributed by atoms with Gasteiger partial charge in [0.2, 0.25) is 0 Å². The van der Waals surface area contributed by atoms with Crippen LogP contribution < -0.4 is 10.2 Å². The first-order chi connectivity index (χ1) is 15.2. The molecule has 0 fully saturated rings. The van der Waals surface area contributed by atoms with Crippen LogP contribution in [-0.2, 0) is 9.59 Å². The SMILES string of the molecule is Cc1ccc(C2=C(Nc3cccc(Cl)c3C)C(=O)N(c3ccc(C)c(Cl)c3)C2=O)c(C)c1.